The molecule has 3 rings (SSSR count). The Kier molecular flexibility index (Phi) is 8.00. The van der Waals surface area contributed by atoms with E-state index in [1.807, 2.05) is 25.7 Å². The van der Waals surface area contributed by atoms with Crippen LogP contribution in [0.15, 0.2) is 42.5 Å². The van der Waals surface area contributed by atoms with Crippen molar-refractivity contribution >= 4 is 46.7 Å². The molecular weight excluding hydrogens is 465 g/mol. The number of nitrogens with zero attached hydrogens (tertiary/aromatic N) is 2. The Morgan fingerprint density at radius 2 is 1.70 bits per heavy atom. The van der Waals surface area contributed by atoms with Crippen molar-refractivity contribution in [2.24, 2.45) is 0 Å². The van der Waals surface area contributed by atoms with Gasteiger partial charge in [0.2, 0.25) is 11.5 Å². The quantitative estimate of drug-likeness (QED) is 0.379. The molecule has 0 saturated carbocycles. The molecule has 0 bridgehead atoms. The van der Waals surface area contributed by atoms with Crippen LogP contribution in [-0.4, -0.2) is 71.0 Å². The van der Waals surface area contributed by atoms with E-state index in [-0.39, 0.29) is 24.3 Å². The van der Waals surface area contributed by atoms with Gasteiger partial charge < -0.3 is 14.7 Å². The summed E-state index contributed by atoms with van der Waals surface area (Å²) in [6.45, 7) is 7.90. The number of aliphatic hydroxyl groups is 1. The van der Waals surface area contributed by atoms with Crippen LogP contribution in [0.1, 0.15) is 36.7 Å². The van der Waals surface area contributed by atoms with Crippen LogP contribution in [0.3, 0.4) is 0 Å². The molecule has 1 aliphatic heterocycles. The summed E-state index contributed by atoms with van der Waals surface area (Å²) < 4.78 is 5.41. The molecule has 2 aromatic rings. The fraction of sp³-hybridized carbons (Fsp3) is 0.375. The van der Waals surface area contributed by atoms with Crippen molar-refractivity contribution < 1.29 is 24.4 Å². The van der Waals surface area contributed by atoms with Crippen molar-refractivity contribution in [1.82, 2.24) is 9.80 Å². The van der Waals surface area contributed by atoms with Crippen LogP contribution < -0.4 is 4.99 Å². The number of ketones is 1. The monoisotopic (exact) mass is 492 g/mol. The van der Waals surface area contributed by atoms with Gasteiger partial charge in [0.15, 0.2) is 0 Å². The van der Waals surface area contributed by atoms with Crippen LogP contribution in [0.5, 0.6) is 0 Å². The highest BCUT2D eigenvalue weighted by Gasteiger charge is 2.27. The topological polar surface area (TPSA) is 84.1 Å². The number of carbonyl (C=O) groups excluding carboxylic acids is 2. The fourth-order valence-corrected chi connectivity index (χ4v) is 3.82. The third-order valence-corrected chi connectivity index (χ3v) is 5.59. The first-order valence-electron chi connectivity index (χ1n) is 10.6. The molecule has 1 aliphatic rings. The fourth-order valence-electron chi connectivity index (χ4n) is 3.43. The molecule has 7 nitrogen and oxygen atoms in total. The van der Waals surface area contributed by atoms with E-state index < -0.39 is 5.60 Å². The Balaban J connectivity index is 1.69. The molecule has 1 amide bonds. The molecule has 1 saturated heterocycles. The molecule has 0 spiro atoms. The zero-order chi connectivity index (χ0) is 24.2. The minimum absolute atomic E-state index is 0.0174. The second-order valence-electron chi connectivity index (χ2n) is 8.81. The number of aliphatic hydroxyl groups excluding tert-OH is 1. The van der Waals surface area contributed by atoms with Gasteiger partial charge in [0.25, 0.3) is 0 Å². The van der Waals surface area contributed by atoms with Crippen LogP contribution in [0.2, 0.25) is 10.0 Å². The average Bonchev–Trinajstić information content (AvgIpc) is 2.74. The number of hydrogen-bond acceptors (Lipinski definition) is 4. The third-order valence-electron chi connectivity index (χ3n) is 5.02. The van der Waals surface area contributed by atoms with E-state index in [9.17, 15) is 14.7 Å². The first kappa shape index (κ1) is 25.0. The molecule has 1 heterocycles. The van der Waals surface area contributed by atoms with Gasteiger partial charge >= 0.3 is 12.0 Å². The zero-order valence-electron chi connectivity index (χ0n) is 18.9. The van der Waals surface area contributed by atoms with E-state index in [1.165, 1.54) is 0 Å². The predicted molar refractivity (Wildman–Crippen MR) is 129 cm³/mol. The van der Waals surface area contributed by atoms with Gasteiger partial charge in [0.05, 0.1) is 10.6 Å². The van der Waals surface area contributed by atoms with Gasteiger partial charge in [0, 0.05) is 42.8 Å². The van der Waals surface area contributed by atoms with E-state index >= 15 is 0 Å². The lowest BCUT2D eigenvalue weighted by atomic mass is 10.0. The van der Waals surface area contributed by atoms with Crippen molar-refractivity contribution in [2.75, 3.05) is 32.7 Å². The van der Waals surface area contributed by atoms with Crippen molar-refractivity contribution in [3.05, 3.63) is 63.6 Å². The number of carbonyl (C=O) groups is 2. The molecule has 33 heavy (non-hydrogen) atoms. The molecule has 2 N–H and O–H groups in total. The summed E-state index contributed by atoms with van der Waals surface area (Å²) >= 11 is 12.3. The molecule has 0 radical (unpaired) electrons. The van der Waals surface area contributed by atoms with E-state index in [1.54, 1.807) is 47.4 Å². The first-order valence-corrected chi connectivity index (χ1v) is 11.4. The summed E-state index contributed by atoms with van der Waals surface area (Å²) in [4.78, 5) is 31.9. The molecule has 0 unspecified atom stereocenters. The van der Waals surface area contributed by atoms with E-state index in [0.717, 1.165) is 0 Å². The summed E-state index contributed by atoms with van der Waals surface area (Å²) in [5.74, 6) is -0.319. The molecule has 0 atom stereocenters. The van der Waals surface area contributed by atoms with Crippen LogP contribution in [0.25, 0.3) is 0 Å². The van der Waals surface area contributed by atoms with Crippen LogP contribution in [-0.2, 0) is 4.74 Å². The highest BCUT2D eigenvalue weighted by atomic mass is 35.5. The standard InChI is InChI=1S/C24H27Cl2N3O4/c1-24(2,3)33-23(32)29-12-10-28(11-13-29)15-21(30)27-20-9-8-16(25)14-18(20)22(31)17-6-4-5-7-19(17)26/h4-9,14H,10-13,15H2,1-3H3,(H,27,30)/p+1. The van der Waals surface area contributed by atoms with Gasteiger partial charge in [0.1, 0.15) is 12.1 Å². The summed E-state index contributed by atoms with van der Waals surface area (Å²) in [6.07, 6.45) is -0.336. The van der Waals surface area contributed by atoms with E-state index in [0.29, 0.717) is 53.0 Å². The van der Waals surface area contributed by atoms with Crippen molar-refractivity contribution in [3.63, 3.8) is 0 Å². The number of halogens is 2. The molecule has 1 fully saturated rings. The lowest BCUT2D eigenvalue weighted by Gasteiger charge is -2.34. The van der Waals surface area contributed by atoms with Crippen LogP contribution in [0.4, 0.5) is 10.5 Å². The number of nitrogens with one attached hydrogen (secondary N) is 1. The number of ether oxygens (including phenoxy) is 1. The van der Waals surface area contributed by atoms with Crippen LogP contribution in [0, 0.1) is 0 Å². The van der Waals surface area contributed by atoms with Crippen molar-refractivity contribution in [1.29, 1.82) is 0 Å². The lowest BCUT2D eigenvalue weighted by Crippen LogP contribution is -2.69. The Bertz CT molecular complexity index is 1060. The van der Waals surface area contributed by atoms with Gasteiger partial charge in [-0.25, -0.2) is 4.79 Å². The molecule has 9 heteroatoms. The summed E-state index contributed by atoms with van der Waals surface area (Å²) in [6, 6.07) is 11.6. The average molecular weight is 493 g/mol. The number of amides is 1. The Labute approximate surface area is 203 Å². The molecule has 176 valence electrons. The molecular formula is C24H28Cl2N3O4+. The normalized spacial score (nSPS) is 15.4. The first-order chi connectivity index (χ1) is 15.5. The second-order valence-corrected chi connectivity index (χ2v) is 9.66. The summed E-state index contributed by atoms with van der Waals surface area (Å²) in [5.41, 5.74) is 0.537. The maximum absolute atomic E-state index is 13.1. The van der Waals surface area contributed by atoms with Gasteiger partial charge in [-0.15, -0.1) is 0 Å². The van der Waals surface area contributed by atoms with Gasteiger partial charge in [-0.3, -0.25) is 9.69 Å². The minimum Gasteiger partial charge on any atom is -0.462 e. The van der Waals surface area contributed by atoms with E-state index in [4.69, 9.17) is 27.9 Å². The molecule has 0 aromatic heterocycles. The maximum atomic E-state index is 13.1. The van der Waals surface area contributed by atoms with E-state index in [2.05, 4.69) is 4.99 Å². The van der Waals surface area contributed by atoms with Crippen LogP contribution >= 0.6 is 23.2 Å². The smallest absolute Gasteiger partial charge is 0.410 e. The Morgan fingerprint density at radius 3 is 2.33 bits per heavy atom. The number of benzene rings is 2. The maximum Gasteiger partial charge on any atom is 0.410 e. The minimum atomic E-state index is -0.540. The van der Waals surface area contributed by atoms with Gasteiger partial charge in [-0.1, -0.05) is 35.3 Å². The Hall–Kier alpha value is -2.61. The third kappa shape index (κ3) is 6.93. The highest BCUT2D eigenvalue weighted by Crippen LogP contribution is 2.24. The van der Waals surface area contributed by atoms with Gasteiger partial charge in [-0.2, -0.15) is 4.99 Å². The predicted octanol–water partition coefficient (Wildman–Crippen LogP) is 3.45. The zero-order valence-corrected chi connectivity index (χ0v) is 20.4. The van der Waals surface area contributed by atoms with Crippen molar-refractivity contribution in [3.8, 4) is 0 Å². The SMILES string of the molecule is CC(C)(C)OC(=O)N1CCN(CC(O)=[NH+]c2ccc(Cl)cc2C(=O)c2ccccc2Cl)CC1. The number of piperazine rings is 1. The largest absolute Gasteiger partial charge is 0.462 e. The summed E-state index contributed by atoms with van der Waals surface area (Å²) in [7, 11) is 0. The Morgan fingerprint density at radius 1 is 1.03 bits per heavy atom. The number of hydrogen-bond donors (Lipinski definition) is 2. The summed E-state index contributed by atoms with van der Waals surface area (Å²) in [5, 5.41) is 11.3. The highest BCUT2D eigenvalue weighted by molar-refractivity contribution is 6.35. The molecule has 2 aromatic carbocycles. The number of rotatable bonds is 5. The van der Waals surface area contributed by atoms with Gasteiger partial charge in [-0.05, 0) is 45.0 Å². The lowest BCUT2D eigenvalue weighted by molar-refractivity contribution is -0.367. The molecule has 0 aliphatic carbocycles. The van der Waals surface area contributed by atoms with Crippen molar-refractivity contribution in [2.45, 2.75) is 26.4 Å². The second kappa shape index (κ2) is 10.5.